The van der Waals surface area contributed by atoms with Crippen LogP contribution in [0.1, 0.15) is 34.7 Å². The zero-order chi connectivity index (χ0) is 19.5. The molecule has 2 aromatic rings. The maximum atomic E-state index is 12.5. The maximum Gasteiger partial charge on any atom is 0.202 e. The molecule has 0 N–H and O–H groups in total. The number of methoxy groups -OCH3 is 1. The molecule has 0 aliphatic carbocycles. The molecule has 6 nitrogen and oxygen atoms in total. The van der Waals surface area contributed by atoms with E-state index >= 15 is 0 Å². The molecule has 7 heteroatoms. The summed E-state index contributed by atoms with van der Waals surface area (Å²) in [6.07, 6.45) is 1.15. The minimum Gasteiger partial charge on any atom is -0.485 e. The first-order valence-electron chi connectivity index (χ1n) is 8.28. The van der Waals surface area contributed by atoms with Gasteiger partial charge in [0.1, 0.15) is 5.75 Å². The Morgan fingerprint density at radius 2 is 1.81 bits per heavy atom. The fourth-order valence-electron chi connectivity index (χ4n) is 3.06. The van der Waals surface area contributed by atoms with Gasteiger partial charge in [0.15, 0.2) is 16.4 Å². The van der Waals surface area contributed by atoms with Crippen molar-refractivity contribution in [2.45, 2.75) is 31.7 Å². The van der Waals surface area contributed by atoms with Crippen molar-refractivity contribution in [1.82, 2.24) is 4.57 Å². The Labute approximate surface area is 154 Å². The SMILES string of the molecule is COCC(C)n1c(C)cc(C(=O)COc2ccc(S(C)(=O)=O)cc2)c1C. The lowest BCUT2D eigenvalue weighted by Crippen LogP contribution is -2.16. The molecule has 0 aliphatic rings. The number of aromatic nitrogens is 1. The lowest BCUT2D eigenvalue weighted by molar-refractivity contribution is 0.0920. The Bertz CT molecular complexity index is 881. The van der Waals surface area contributed by atoms with Gasteiger partial charge in [0.25, 0.3) is 0 Å². The highest BCUT2D eigenvalue weighted by Gasteiger charge is 2.19. The van der Waals surface area contributed by atoms with E-state index in [1.54, 1.807) is 19.2 Å². The lowest BCUT2D eigenvalue weighted by atomic mass is 10.1. The predicted octanol–water partition coefficient (Wildman–Crippen LogP) is 2.98. The summed E-state index contributed by atoms with van der Waals surface area (Å²) in [5, 5.41) is 0. The molecule has 0 radical (unpaired) electrons. The fourth-order valence-corrected chi connectivity index (χ4v) is 3.69. The molecule has 1 atom stereocenters. The molecule has 0 saturated heterocycles. The molecule has 1 unspecified atom stereocenters. The molecule has 0 aliphatic heterocycles. The zero-order valence-corrected chi connectivity index (χ0v) is 16.6. The van der Waals surface area contributed by atoms with Crippen LogP contribution in [-0.4, -0.2) is 45.3 Å². The molecule has 2 rings (SSSR count). The van der Waals surface area contributed by atoms with Crippen molar-refractivity contribution >= 4 is 15.6 Å². The van der Waals surface area contributed by atoms with Crippen LogP contribution < -0.4 is 4.74 Å². The Morgan fingerprint density at radius 1 is 1.19 bits per heavy atom. The van der Waals surface area contributed by atoms with E-state index in [4.69, 9.17) is 9.47 Å². The summed E-state index contributed by atoms with van der Waals surface area (Å²) in [5.74, 6) is 0.327. The van der Waals surface area contributed by atoms with Gasteiger partial charge in [-0.1, -0.05) is 0 Å². The number of hydrogen-bond donors (Lipinski definition) is 0. The number of carbonyl (C=O) groups is 1. The predicted molar refractivity (Wildman–Crippen MR) is 99.9 cm³/mol. The first kappa shape index (κ1) is 20.2. The Hall–Kier alpha value is -2.12. The molecule has 0 saturated carbocycles. The lowest BCUT2D eigenvalue weighted by Gasteiger charge is -2.17. The number of rotatable bonds is 8. The zero-order valence-electron chi connectivity index (χ0n) is 15.8. The number of ether oxygens (including phenoxy) is 2. The van der Waals surface area contributed by atoms with Crippen LogP contribution in [-0.2, 0) is 14.6 Å². The molecule has 0 bridgehead atoms. The van der Waals surface area contributed by atoms with Crippen LogP contribution in [0.5, 0.6) is 5.75 Å². The van der Waals surface area contributed by atoms with E-state index in [-0.39, 0.29) is 23.3 Å². The largest absolute Gasteiger partial charge is 0.485 e. The van der Waals surface area contributed by atoms with Crippen LogP contribution in [0.3, 0.4) is 0 Å². The smallest absolute Gasteiger partial charge is 0.202 e. The van der Waals surface area contributed by atoms with Gasteiger partial charge in [0.2, 0.25) is 5.78 Å². The van der Waals surface area contributed by atoms with Gasteiger partial charge in [-0.2, -0.15) is 0 Å². The van der Waals surface area contributed by atoms with Crippen molar-refractivity contribution in [3.8, 4) is 5.75 Å². The molecule has 142 valence electrons. The van der Waals surface area contributed by atoms with E-state index < -0.39 is 9.84 Å². The monoisotopic (exact) mass is 379 g/mol. The second kappa shape index (κ2) is 8.05. The summed E-state index contributed by atoms with van der Waals surface area (Å²) in [7, 11) is -1.60. The molecule has 0 spiro atoms. The number of Topliss-reactive ketones (excluding diaryl/α,β-unsaturated/α-hetero) is 1. The molecule has 26 heavy (non-hydrogen) atoms. The van der Waals surface area contributed by atoms with Crippen LogP contribution in [0, 0.1) is 13.8 Å². The van der Waals surface area contributed by atoms with Crippen molar-refractivity contribution in [2.75, 3.05) is 26.6 Å². The minimum atomic E-state index is -3.25. The average molecular weight is 379 g/mol. The number of aryl methyl sites for hydroxylation is 1. The number of nitrogens with zero attached hydrogens (tertiary/aromatic N) is 1. The Morgan fingerprint density at radius 3 is 2.35 bits per heavy atom. The third kappa shape index (κ3) is 4.53. The number of hydrogen-bond acceptors (Lipinski definition) is 5. The molecule has 1 heterocycles. The summed E-state index contributed by atoms with van der Waals surface area (Å²) in [6, 6.07) is 8.02. The summed E-state index contributed by atoms with van der Waals surface area (Å²) in [5.41, 5.74) is 2.50. The molecule has 0 amide bonds. The highest BCUT2D eigenvalue weighted by atomic mass is 32.2. The average Bonchev–Trinajstić information content (AvgIpc) is 2.87. The van der Waals surface area contributed by atoms with E-state index in [1.807, 2.05) is 26.8 Å². The van der Waals surface area contributed by atoms with Gasteiger partial charge in [0, 0.05) is 30.3 Å². The molecular weight excluding hydrogens is 354 g/mol. The normalized spacial score (nSPS) is 12.8. The van der Waals surface area contributed by atoms with Crippen molar-refractivity contribution in [3.05, 3.63) is 47.3 Å². The number of ketones is 1. The standard InChI is InChI=1S/C19H25NO5S/c1-13-10-18(15(3)20(13)14(2)11-24-4)19(21)12-25-16-6-8-17(9-7-16)26(5,22)23/h6-10,14H,11-12H2,1-5H3. The number of sulfone groups is 1. The molecule has 1 aromatic heterocycles. The summed E-state index contributed by atoms with van der Waals surface area (Å²) in [4.78, 5) is 12.8. The number of carbonyl (C=O) groups excluding carboxylic acids is 1. The van der Waals surface area contributed by atoms with Crippen LogP contribution in [0.25, 0.3) is 0 Å². The van der Waals surface area contributed by atoms with Crippen LogP contribution in [0.2, 0.25) is 0 Å². The second-order valence-electron chi connectivity index (χ2n) is 6.41. The molecule has 1 aromatic carbocycles. The Kier molecular flexibility index (Phi) is 6.26. The van der Waals surface area contributed by atoms with E-state index in [0.29, 0.717) is 17.9 Å². The van der Waals surface area contributed by atoms with Gasteiger partial charge in [-0.25, -0.2) is 8.42 Å². The maximum absolute atomic E-state index is 12.5. The van der Waals surface area contributed by atoms with Crippen LogP contribution in [0.4, 0.5) is 0 Å². The van der Waals surface area contributed by atoms with Crippen molar-refractivity contribution in [2.24, 2.45) is 0 Å². The number of benzene rings is 1. The van der Waals surface area contributed by atoms with E-state index in [9.17, 15) is 13.2 Å². The quantitative estimate of drug-likeness (QED) is 0.659. The summed E-state index contributed by atoms with van der Waals surface area (Å²) < 4.78 is 35.7. The van der Waals surface area contributed by atoms with Gasteiger partial charge < -0.3 is 14.0 Å². The van der Waals surface area contributed by atoms with E-state index in [1.165, 1.54) is 12.1 Å². The van der Waals surface area contributed by atoms with Gasteiger partial charge in [-0.15, -0.1) is 0 Å². The first-order chi connectivity index (χ1) is 12.1. The van der Waals surface area contributed by atoms with E-state index in [2.05, 4.69) is 4.57 Å². The van der Waals surface area contributed by atoms with Crippen LogP contribution >= 0.6 is 0 Å². The second-order valence-corrected chi connectivity index (χ2v) is 8.43. The van der Waals surface area contributed by atoms with Crippen molar-refractivity contribution in [1.29, 1.82) is 0 Å². The highest BCUT2D eigenvalue weighted by Crippen LogP contribution is 2.22. The fraction of sp³-hybridized carbons (Fsp3) is 0.421. The summed E-state index contributed by atoms with van der Waals surface area (Å²) in [6.45, 7) is 6.36. The van der Waals surface area contributed by atoms with Crippen molar-refractivity contribution < 1.29 is 22.7 Å². The minimum absolute atomic E-state index is 0.110. The molecule has 0 fully saturated rings. The first-order valence-corrected chi connectivity index (χ1v) is 10.2. The van der Waals surface area contributed by atoms with Gasteiger partial charge in [-0.3, -0.25) is 4.79 Å². The highest BCUT2D eigenvalue weighted by molar-refractivity contribution is 7.90. The Balaban J connectivity index is 2.10. The van der Waals surface area contributed by atoms with Gasteiger partial charge in [0.05, 0.1) is 17.5 Å². The molecular formula is C19H25NO5S. The van der Waals surface area contributed by atoms with E-state index in [0.717, 1.165) is 17.6 Å². The van der Waals surface area contributed by atoms with Gasteiger partial charge >= 0.3 is 0 Å². The third-order valence-electron chi connectivity index (χ3n) is 4.26. The van der Waals surface area contributed by atoms with Gasteiger partial charge in [-0.05, 0) is 51.1 Å². The third-order valence-corrected chi connectivity index (χ3v) is 5.38. The summed E-state index contributed by atoms with van der Waals surface area (Å²) >= 11 is 0. The topological polar surface area (TPSA) is 74.6 Å². The van der Waals surface area contributed by atoms with Crippen molar-refractivity contribution in [3.63, 3.8) is 0 Å². The van der Waals surface area contributed by atoms with Crippen LogP contribution in [0.15, 0.2) is 35.2 Å².